The average molecular weight is 473 g/mol. The molecule has 0 aliphatic heterocycles. The fraction of sp³-hybridized carbons (Fsp3) is 0.200. The Kier molecular flexibility index (Phi) is 6.47. The van der Waals surface area contributed by atoms with Gasteiger partial charge in [0.1, 0.15) is 21.1 Å². The fourth-order valence-electron chi connectivity index (χ4n) is 2.00. The van der Waals surface area contributed by atoms with E-state index >= 15 is 0 Å². The van der Waals surface area contributed by atoms with Crippen LogP contribution in [0.2, 0.25) is 5.02 Å². The summed E-state index contributed by atoms with van der Waals surface area (Å²) in [5, 5.41) is 10.6. The van der Waals surface area contributed by atoms with E-state index in [4.69, 9.17) is 17.3 Å². The maximum atomic E-state index is 12.8. The molecule has 0 radical (unpaired) electrons. The molecule has 0 fully saturated rings. The van der Waals surface area contributed by atoms with Crippen LogP contribution in [0.1, 0.15) is 17.3 Å². The standard InChI is InChI=1S/C15H12ClF3N2O6S2/c1-6(22)13(24)21-14-8(12(20)23)5-11(28-14)29(25,26)10-3-2-7(4-9(10)16)27-15(17,18)19/h2-6,22H,1H3,(H2,20,23)(H,21,24). The molecule has 0 aliphatic carbocycles. The van der Waals surface area contributed by atoms with Crippen LogP contribution in [0.25, 0.3) is 0 Å². The zero-order chi connectivity index (χ0) is 22.1. The maximum absolute atomic E-state index is 12.8. The van der Waals surface area contributed by atoms with Crippen molar-refractivity contribution in [3.05, 3.63) is 34.9 Å². The van der Waals surface area contributed by atoms with Crippen molar-refractivity contribution < 1.29 is 41.0 Å². The highest BCUT2D eigenvalue weighted by Crippen LogP contribution is 2.38. The number of hydrogen-bond acceptors (Lipinski definition) is 7. The summed E-state index contributed by atoms with van der Waals surface area (Å²) in [7, 11) is -4.39. The van der Waals surface area contributed by atoms with E-state index in [1.165, 1.54) is 0 Å². The van der Waals surface area contributed by atoms with Crippen molar-refractivity contribution in [2.75, 3.05) is 5.32 Å². The number of nitrogens with two attached hydrogens (primary N) is 1. The van der Waals surface area contributed by atoms with E-state index in [1.807, 2.05) is 0 Å². The van der Waals surface area contributed by atoms with Crippen molar-refractivity contribution in [3.8, 4) is 5.75 Å². The van der Waals surface area contributed by atoms with Crippen LogP contribution in [-0.4, -0.2) is 37.8 Å². The van der Waals surface area contributed by atoms with Gasteiger partial charge in [0.05, 0.1) is 15.5 Å². The molecule has 1 unspecified atom stereocenters. The normalized spacial score (nSPS) is 13.0. The number of sulfone groups is 1. The number of ether oxygens (including phenoxy) is 1. The molecule has 1 heterocycles. The number of carbonyl (C=O) groups is 2. The van der Waals surface area contributed by atoms with Crippen LogP contribution in [0, 0.1) is 0 Å². The molecule has 29 heavy (non-hydrogen) atoms. The van der Waals surface area contributed by atoms with Gasteiger partial charge in [0.15, 0.2) is 0 Å². The average Bonchev–Trinajstić information content (AvgIpc) is 2.97. The summed E-state index contributed by atoms with van der Waals surface area (Å²) in [6.45, 7) is 1.15. The molecule has 158 valence electrons. The van der Waals surface area contributed by atoms with Crippen LogP contribution in [0.4, 0.5) is 18.2 Å². The molecule has 0 saturated carbocycles. The van der Waals surface area contributed by atoms with Crippen molar-refractivity contribution in [1.82, 2.24) is 0 Å². The number of nitrogens with one attached hydrogen (secondary N) is 1. The molecule has 2 aromatic rings. The van der Waals surface area contributed by atoms with Crippen molar-refractivity contribution in [2.24, 2.45) is 5.73 Å². The number of thiophene rings is 1. The van der Waals surface area contributed by atoms with Gasteiger partial charge in [-0.25, -0.2) is 8.42 Å². The molecule has 14 heteroatoms. The summed E-state index contributed by atoms with van der Waals surface area (Å²) in [6, 6.07) is 3.11. The van der Waals surface area contributed by atoms with Crippen LogP contribution in [-0.2, 0) is 14.6 Å². The number of aliphatic hydroxyl groups excluding tert-OH is 1. The van der Waals surface area contributed by atoms with Crippen LogP contribution in [0.15, 0.2) is 33.4 Å². The Bertz CT molecular complexity index is 1070. The molecule has 0 spiro atoms. The number of anilines is 1. The minimum Gasteiger partial charge on any atom is -0.406 e. The van der Waals surface area contributed by atoms with Gasteiger partial charge in [0, 0.05) is 6.07 Å². The molecule has 1 aromatic carbocycles. The second-order valence-corrected chi connectivity index (χ2v) is 9.09. The van der Waals surface area contributed by atoms with Crippen LogP contribution >= 0.6 is 22.9 Å². The lowest BCUT2D eigenvalue weighted by atomic mass is 10.3. The molecular formula is C15H12ClF3N2O6S2. The largest absolute Gasteiger partial charge is 0.573 e. The lowest BCUT2D eigenvalue weighted by molar-refractivity contribution is -0.274. The molecule has 1 atom stereocenters. The molecule has 0 aliphatic rings. The quantitative estimate of drug-likeness (QED) is 0.591. The first-order valence-electron chi connectivity index (χ1n) is 7.45. The number of rotatable bonds is 6. The molecule has 0 bridgehead atoms. The summed E-state index contributed by atoms with van der Waals surface area (Å²) in [6.07, 6.45) is -6.45. The molecular weight excluding hydrogens is 461 g/mol. The highest BCUT2D eigenvalue weighted by Gasteiger charge is 2.32. The minimum atomic E-state index is -5.00. The smallest absolute Gasteiger partial charge is 0.406 e. The Labute approximate surface area is 170 Å². The Balaban J connectivity index is 2.48. The molecule has 8 nitrogen and oxygen atoms in total. The third-order valence-corrected chi connectivity index (χ3v) is 7.04. The number of benzene rings is 1. The molecule has 2 amide bonds. The summed E-state index contributed by atoms with van der Waals surface area (Å²) in [4.78, 5) is 22.6. The topological polar surface area (TPSA) is 136 Å². The third kappa shape index (κ3) is 5.38. The molecule has 4 N–H and O–H groups in total. The predicted octanol–water partition coefficient (Wildman–Crippen LogP) is 2.55. The van der Waals surface area contributed by atoms with Crippen molar-refractivity contribution in [1.29, 1.82) is 0 Å². The number of hydrogen-bond donors (Lipinski definition) is 3. The lowest BCUT2D eigenvalue weighted by Gasteiger charge is -2.10. The SMILES string of the molecule is CC(O)C(=O)Nc1sc(S(=O)(=O)c2ccc(OC(F)(F)F)cc2Cl)cc1C(N)=O. The third-order valence-electron chi connectivity index (χ3n) is 3.28. The zero-order valence-electron chi connectivity index (χ0n) is 14.3. The van der Waals surface area contributed by atoms with Crippen LogP contribution in [0.3, 0.4) is 0 Å². The van der Waals surface area contributed by atoms with Gasteiger partial charge in [-0.3, -0.25) is 9.59 Å². The molecule has 0 saturated heterocycles. The number of primary amides is 1. The number of alkyl halides is 3. The minimum absolute atomic E-state index is 0.227. The Morgan fingerprint density at radius 3 is 2.41 bits per heavy atom. The second kappa shape index (κ2) is 8.18. The van der Waals surface area contributed by atoms with Gasteiger partial charge in [-0.1, -0.05) is 11.6 Å². The lowest BCUT2D eigenvalue weighted by Crippen LogP contribution is -2.25. The van der Waals surface area contributed by atoms with Crippen molar-refractivity contribution in [3.63, 3.8) is 0 Å². The zero-order valence-corrected chi connectivity index (χ0v) is 16.7. The maximum Gasteiger partial charge on any atom is 0.573 e. The van der Waals surface area contributed by atoms with E-state index in [1.54, 1.807) is 0 Å². The van der Waals surface area contributed by atoms with E-state index in [0.29, 0.717) is 17.4 Å². The van der Waals surface area contributed by atoms with Gasteiger partial charge in [-0.05, 0) is 25.1 Å². The molecule has 1 aromatic heterocycles. The van der Waals surface area contributed by atoms with E-state index < -0.39 is 54.0 Å². The summed E-state index contributed by atoms with van der Waals surface area (Å²) < 4.78 is 65.7. The van der Waals surface area contributed by atoms with Crippen molar-refractivity contribution >= 4 is 49.6 Å². The number of carbonyl (C=O) groups excluding carboxylic acids is 2. The fourth-order valence-corrected chi connectivity index (χ4v) is 5.28. The molecule has 2 rings (SSSR count). The van der Waals surface area contributed by atoms with Gasteiger partial charge in [0.25, 0.3) is 11.8 Å². The Hall–Kier alpha value is -2.35. The first-order chi connectivity index (χ1) is 13.2. The monoisotopic (exact) mass is 472 g/mol. The highest BCUT2D eigenvalue weighted by molar-refractivity contribution is 7.93. The van der Waals surface area contributed by atoms with Gasteiger partial charge in [-0.15, -0.1) is 24.5 Å². The highest BCUT2D eigenvalue weighted by atomic mass is 35.5. The van der Waals surface area contributed by atoms with Gasteiger partial charge >= 0.3 is 6.36 Å². The van der Waals surface area contributed by atoms with E-state index in [9.17, 15) is 36.3 Å². The number of aliphatic hydroxyl groups is 1. The number of halogens is 4. The summed E-state index contributed by atoms with van der Waals surface area (Å²) in [5.41, 5.74) is 4.84. The number of amides is 2. The summed E-state index contributed by atoms with van der Waals surface area (Å²) >= 11 is 6.27. The van der Waals surface area contributed by atoms with Crippen molar-refractivity contribution in [2.45, 2.75) is 28.5 Å². The van der Waals surface area contributed by atoms with E-state index in [-0.39, 0.29) is 10.6 Å². The first kappa shape index (κ1) is 22.9. The Morgan fingerprint density at radius 2 is 1.93 bits per heavy atom. The van der Waals surface area contributed by atoms with E-state index in [2.05, 4.69) is 10.1 Å². The van der Waals surface area contributed by atoms with E-state index in [0.717, 1.165) is 25.1 Å². The van der Waals surface area contributed by atoms with Gasteiger partial charge in [-0.2, -0.15) is 0 Å². The summed E-state index contributed by atoms with van der Waals surface area (Å²) in [5.74, 6) is -2.69. The first-order valence-corrected chi connectivity index (χ1v) is 10.1. The van der Waals surface area contributed by atoms with Crippen LogP contribution < -0.4 is 15.8 Å². The Morgan fingerprint density at radius 1 is 1.31 bits per heavy atom. The van der Waals surface area contributed by atoms with Crippen LogP contribution in [0.5, 0.6) is 5.75 Å². The van der Waals surface area contributed by atoms with Gasteiger partial charge in [0.2, 0.25) is 9.84 Å². The van der Waals surface area contributed by atoms with Gasteiger partial charge < -0.3 is 20.9 Å². The predicted molar refractivity (Wildman–Crippen MR) is 96.7 cm³/mol. The second-order valence-electron chi connectivity index (χ2n) is 5.48.